The number of benzene rings is 1. The second-order valence-corrected chi connectivity index (χ2v) is 7.11. The molecule has 1 aliphatic carbocycles. The Morgan fingerprint density at radius 3 is 2.67 bits per heavy atom. The van der Waals surface area contributed by atoms with Crippen LogP contribution in [0.4, 0.5) is 0 Å². The van der Waals surface area contributed by atoms with E-state index in [0.717, 1.165) is 53.5 Å². The third-order valence-electron chi connectivity index (χ3n) is 4.63. The van der Waals surface area contributed by atoms with Crippen LogP contribution < -0.4 is 4.74 Å². The Balaban J connectivity index is 1.81. The first kappa shape index (κ1) is 15.0. The second-order valence-electron chi connectivity index (χ2n) is 6.20. The van der Waals surface area contributed by atoms with Crippen LogP contribution in [-0.2, 0) is 17.6 Å². The molecule has 0 saturated heterocycles. The summed E-state index contributed by atoms with van der Waals surface area (Å²) in [6.07, 6.45) is 6.46. The molecule has 3 nitrogen and oxygen atoms in total. The number of hydrogen-bond acceptors (Lipinski definition) is 3. The van der Waals surface area contributed by atoms with Crippen molar-refractivity contribution in [2.24, 2.45) is 0 Å². The van der Waals surface area contributed by atoms with E-state index in [9.17, 15) is 9.90 Å². The number of fused-ring (bicyclic) bond motifs is 1. The topological polar surface area (TPSA) is 46.5 Å². The van der Waals surface area contributed by atoms with E-state index < -0.39 is 5.60 Å². The molecular formula is C17H21BrO3. The molecule has 0 radical (unpaired) electrons. The summed E-state index contributed by atoms with van der Waals surface area (Å²) in [5, 5.41) is 10.7. The van der Waals surface area contributed by atoms with Gasteiger partial charge in [0.05, 0.1) is 6.61 Å². The van der Waals surface area contributed by atoms with Gasteiger partial charge < -0.3 is 9.84 Å². The van der Waals surface area contributed by atoms with Crippen molar-refractivity contribution in [3.63, 3.8) is 0 Å². The number of ketones is 1. The zero-order valence-corrected chi connectivity index (χ0v) is 13.7. The Labute approximate surface area is 133 Å². The Kier molecular flexibility index (Phi) is 4.36. The quantitative estimate of drug-likeness (QED) is 0.845. The molecule has 1 N–H and O–H groups in total. The average Bonchev–Trinajstić information content (AvgIpc) is 2.79. The van der Waals surface area contributed by atoms with Gasteiger partial charge in [-0.25, -0.2) is 0 Å². The monoisotopic (exact) mass is 352 g/mol. The number of aliphatic hydroxyl groups is 1. The summed E-state index contributed by atoms with van der Waals surface area (Å²) in [4.78, 5) is 12.6. The number of carbonyl (C=O) groups excluding carboxylic acids is 1. The van der Waals surface area contributed by atoms with E-state index >= 15 is 0 Å². The summed E-state index contributed by atoms with van der Waals surface area (Å²) in [5.41, 5.74) is 0.921. The van der Waals surface area contributed by atoms with Gasteiger partial charge in [-0.15, -0.1) is 0 Å². The lowest BCUT2D eigenvalue weighted by Crippen LogP contribution is -2.39. The van der Waals surface area contributed by atoms with Crippen molar-refractivity contribution in [1.82, 2.24) is 0 Å². The number of rotatable bonds is 3. The molecule has 0 atom stereocenters. The summed E-state index contributed by atoms with van der Waals surface area (Å²) >= 11 is 3.50. The van der Waals surface area contributed by atoms with Gasteiger partial charge in [0.25, 0.3) is 0 Å². The van der Waals surface area contributed by atoms with Crippen LogP contribution in [0.1, 0.15) is 49.7 Å². The van der Waals surface area contributed by atoms with E-state index in [0.29, 0.717) is 19.4 Å². The van der Waals surface area contributed by atoms with E-state index in [1.54, 1.807) is 0 Å². The fraction of sp³-hybridized carbons (Fsp3) is 0.588. The van der Waals surface area contributed by atoms with Gasteiger partial charge in [0, 0.05) is 22.9 Å². The Morgan fingerprint density at radius 2 is 1.95 bits per heavy atom. The number of ether oxygens (including phenoxy) is 1. The summed E-state index contributed by atoms with van der Waals surface area (Å²) < 4.78 is 6.65. The molecule has 1 saturated carbocycles. The predicted octanol–water partition coefficient (Wildman–Crippen LogP) is 3.58. The summed E-state index contributed by atoms with van der Waals surface area (Å²) in [5.74, 6) is 0.795. The van der Waals surface area contributed by atoms with E-state index in [1.807, 2.05) is 6.07 Å². The molecule has 1 aromatic rings. The first-order chi connectivity index (χ1) is 10.1. The third-order valence-corrected chi connectivity index (χ3v) is 5.08. The van der Waals surface area contributed by atoms with Gasteiger partial charge in [-0.1, -0.05) is 41.6 Å². The molecule has 0 amide bonds. The van der Waals surface area contributed by atoms with Gasteiger partial charge >= 0.3 is 0 Å². The fourth-order valence-electron chi connectivity index (χ4n) is 3.41. The van der Waals surface area contributed by atoms with Gasteiger partial charge in [-0.05, 0) is 30.5 Å². The molecular weight excluding hydrogens is 332 g/mol. The zero-order chi connectivity index (χ0) is 14.9. The minimum Gasteiger partial charge on any atom is -0.493 e. The van der Waals surface area contributed by atoms with Crippen molar-refractivity contribution in [2.45, 2.75) is 57.0 Å². The van der Waals surface area contributed by atoms with Gasteiger partial charge in [0.2, 0.25) is 0 Å². The maximum absolute atomic E-state index is 12.6. The lowest BCUT2D eigenvalue weighted by molar-refractivity contribution is -0.138. The fourth-order valence-corrected chi connectivity index (χ4v) is 3.96. The van der Waals surface area contributed by atoms with Crippen LogP contribution >= 0.6 is 15.9 Å². The predicted molar refractivity (Wildman–Crippen MR) is 84.7 cm³/mol. The van der Waals surface area contributed by atoms with Gasteiger partial charge in [-0.2, -0.15) is 0 Å². The zero-order valence-electron chi connectivity index (χ0n) is 12.2. The standard InChI is InChI=1S/C17H21BrO3/c18-14-9-12-5-8-21-16(12)13(10-14)11-15(19)17(20)6-3-1-2-4-7-17/h9-10,20H,1-8,11H2. The second kappa shape index (κ2) is 6.09. The third kappa shape index (κ3) is 3.16. The van der Waals surface area contributed by atoms with E-state index in [-0.39, 0.29) is 12.2 Å². The molecule has 4 heteroatoms. The molecule has 114 valence electrons. The first-order valence-corrected chi connectivity index (χ1v) is 8.57. The Hall–Kier alpha value is -0.870. The average molecular weight is 353 g/mol. The van der Waals surface area contributed by atoms with Crippen LogP contribution in [0.2, 0.25) is 0 Å². The van der Waals surface area contributed by atoms with Gasteiger partial charge in [-0.3, -0.25) is 4.79 Å². The maximum atomic E-state index is 12.6. The van der Waals surface area contributed by atoms with Crippen molar-refractivity contribution >= 4 is 21.7 Å². The molecule has 1 aliphatic heterocycles. The van der Waals surface area contributed by atoms with E-state index in [4.69, 9.17) is 4.74 Å². The SMILES string of the molecule is O=C(Cc1cc(Br)cc2c1OCC2)C1(O)CCCCCC1. The van der Waals surface area contributed by atoms with E-state index in [1.165, 1.54) is 0 Å². The van der Waals surface area contributed by atoms with Crippen LogP contribution in [0.5, 0.6) is 5.75 Å². The number of Topliss-reactive ketones (excluding diaryl/α,β-unsaturated/α-hetero) is 1. The number of carbonyl (C=O) groups is 1. The summed E-state index contributed by atoms with van der Waals surface area (Å²) in [6, 6.07) is 4.00. The minimum atomic E-state index is -1.13. The van der Waals surface area contributed by atoms with Crippen LogP contribution in [0, 0.1) is 0 Å². The molecule has 1 fully saturated rings. The van der Waals surface area contributed by atoms with Crippen LogP contribution in [-0.4, -0.2) is 23.1 Å². The summed E-state index contributed by atoms with van der Waals surface area (Å²) in [7, 11) is 0. The van der Waals surface area contributed by atoms with E-state index in [2.05, 4.69) is 22.0 Å². The molecule has 2 aliphatic rings. The molecule has 1 aromatic carbocycles. The Bertz CT molecular complexity index is 545. The summed E-state index contributed by atoms with van der Waals surface area (Å²) in [6.45, 7) is 0.678. The largest absolute Gasteiger partial charge is 0.493 e. The Morgan fingerprint density at radius 1 is 1.24 bits per heavy atom. The highest BCUT2D eigenvalue weighted by atomic mass is 79.9. The molecule has 0 bridgehead atoms. The molecule has 0 unspecified atom stereocenters. The molecule has 0 aromatic heterocycles. The number of halogens is 1. The highest BCUT2D eigenvalue weighted by Gasteiger charge is 2.36. The lowest BCUT2D eigenvalue weighted by Gasteiger charge is -2.25. The first-order valence-electron chi connectivity index (χ1n) is 7.78. The van der Waals surface area contributed by atoms with Crippen LogP contribution in [0.3, 0.4) is 0 Å². The lowest BCUT2D eigenvalue weighted by atomic mass is 9.86. The van der Waals surface area contributed by atoms with Crippen molar-refractivity contribution in [1.29, 1.82) is 0 Å². The van der Waals surface area contributed by atoms with Crippen molar-refractivity contribution < 1.29 is 14.6 Å². The van der Waals surface area contributed by atoms with Gasteiger partial charge in [0.1, 0.15) is 11.4 Å². The van der Waals surface area contributed by atoms with Crippen molar-refractivity contribution in [2.75, 3.05) is 6.61 Å². The van der Waals surface area contributed by atoms with Gasteiger partial charge in [0.15, 0.2) is 5.78 Å². The highest BCUT2D eigenvalue weighted by Crippen LogP contribution is 2.35. The van der Waals surface area contributed by atoms with Crippen molar-refractivity contribution in [3.05, 3.63) is 27.7 Å². The number of hydrogen-bond donors (Lipinski definition) is 1. The highest BCUT2D eigenvalue weighted by molar-refractivity contribution is 9.10. The molecule has 0 spiro atoms. The smallest absolute Gasteiger partial charge is 0.168 e. The molecule has 1 heterocycles. The molecule has 3 rings (SSSR count). The molecule has 21 heavy (non-hydrogen) atoms. The van der Waals surface area contributed by atoms with Crippen molar-refractivity contribution in [3.8, 4) is 5.75 Å². The minimum absolute atomic E-state index is 0.0554. The maximum Gasteiger partial charge on any atom is 0.168 e. The van der Waals surface area contributed by atoms with Crippen LogP contribution in [0.15, 0.2) is 16.6 Å². The van der Waals surface area contributed by atoms with Crippen LogP contribution in [0.25, 0.3) is 0 Å². The normalized spacial score (nSPS) is 20.5.